The molecule has 0 aromatic carbocycles. The number of aromatic nitrogens is 2. The molecule has 0 aliphatic rings. The molecule has 4 N–H and O–H groups in total. The molecule has 2 heterocycles. The SMILES string of the molecule is Cc1c(O)c(=[OH+])ccn1C.Cc1c(O)c(=[OH+])ccn1C.[O]=[V]. The van der Waals surface area contributed by atoms with E-state index in [2.05, 4.69) is 0 Å². The minimum absolute atomic E-state index is 0.0509. The Hall–Kier alpha value is -2.12. The Morgan fingerprint density at radius 1 is 0.864 bits per heavy atom. The summed E-state index contributed by atoms with van der Waals surface area (Å²) >= 11 is 1.06. The van der Waals surface area contributed by atoms with E-state index in [4.69, 9.17) is 23.5 Å². The molecule has 0 atom stereocenters. The van der Waals surface area contributed by atoms with Crippen LogP contribution in [0, 0.1) is 13.8 Å². The van der Waals surface area contributed by atoms with Crippen LogP contribution in [0.25, 0.3) is 0 Å². The first-order valence-corrected chi connectivity index (χ1v) is 6.75. The monoisotopic (exact) mass is 347 g/mol. The van der Waals surface area contributed by atoms with Crippen molar-refractivity contribution in [2.45, 2.75) is 13.8 Å². The zero-order chi connectivity index (χ0) is 17.4. The van der Waals surface area contributed by atoms with E-state index in [9.17, 15) is 0 Å². The van der Waals surface area contributed by atoms with E-state index in [0.29, 0.717) is 11.4 Å². The zero-order valence-corrected chi connectivity index (χ0v) is 14.2. The van der Waals surface area contributed by atoms with Gasteiger partial charge in [0.05, 0.1) is 23.5 Å². The standard InChI is InChI=1S/2C7H9NO2.O.V/c2*1-5-7(10)6(9)3-4-8(5)2;;/h2*3-4,10H,1-2H3;;/p+2. The van der Waals surface area contributed by atoms with Gasteiger partial charge < -0.3 is 19.3 Å². The van der Waals surface area contributed by atoms with Crippen LogP contribution in [0.4, 0.5) is 0 Å². The Labute approximate surface area is 136 Å². The Balaban J connectivity index is 0.000000360. The van der Waals surface area contributed by atoms with E-state index in [0.717, 1.165) is 17.4 Å². The molecule has 0 aliphatic carbocycles. The van der Waals surface area contributed by atoms with Crippen LogP contribution in [0.1, 0.15) is 11.4 Å². The van der Waals surface area contributed by atoms with E-state index < -0.39 is 0 Å². The van der Waals surface area contributed by atoms with Crippen molar-refractivity contribution in [3.8, 4) is 11.5 Å². The number of pyridine rings is 2. The molecule has 2 aromatic rings. The molecule has 119 valence electrons. The Morgan fingerprint density at radius 2 is 1.14 bits per heavy atom. The van der Waals surface area contributed by atoms with E-state index in [-0.39, 0.29) is 22.4 Å². The summed E-state index contributed by atoms with van der Waals surface area (Å²) in [6.07, 6.45) is 3.37. The van der Waals surface area contributed by atoms with Crippen molar-refractivity contribution in [1.29, 1.82) is 0 Å². The minimum atomic E-state index is -0.0735. The normalized spacial score (nSPS) is 9.05. The van der Waals surface area contributed by atoms with Gasteiger partial charge in [-0.05, 0) is 13.8 Å². The van der Waals surface area contributed by atoms with Gasteiger partial charge >= 0.3 is 31.9 Å². The Bertz CT molecular complexity index is 688. The first-order chi connectivity index (χ1) is 10.3. The van der Waals surface area contributed by atoms with Crippen LogP contribution >= 0.6 is 0 Å². The molecule has 0 bridgehead atoms. The number of hydrogen-bond acceptors (Lipinski definition) is 3. The predicted octanol–water partition coefficient (Wildman–Crippen LogP) is -0.0339. The summed E-state index contributed by atoms with van der Waals surface area (Å²) in [6.45, 7) is 3.46. The summed E-state index contributed by atoms with van der Waals surface area (Å²) in [4.78, 5) is 17.9. The molecule has 0 saturated carbocycles. The molecule has 8 heteroatoms. The number of aromatic hydroxyl groups is 2. The maximum absolute atomic E-state index is 9.12. The molecule has 0 spiro atoms. The average molecular weight is 347 g/mol. The summed E-state index contributed by atoms with van der Waals surface area (Å²) in [5.74, 6) is -0.102. The van der Waals surface area contributed by atoms with Crippen LogP contribution in [0.5, 0.6) is 11.5 Å². The first kappa shape index (κ1) is 19.9. The van der Waals surface area contributed by atoms with Crippen molar-refractivity contribution in [3.63, 3.8) is 0 Å². The van der Waals surface area contributed by atoms with Crippen LogP contribution in [-0.4, -0.2) is 28.9 Å². The third-order valence-electron chi connectivity index (χ3n) is 3.14. The van der Waals surface area contributed by atoms with E-state index in [1.165, 1.54) is 12.1 Å². The van der Waals surface area contributed by atoms with Crippen molar-refractivity contribution in [3.05, 3.63) is 46.8 Å². The van der Waals surface area contributed by atoms with Gasteiger partial charge in [-0.3, -0.25) is 9.59 Å². The van der Waals surface area contributed by atoms with Crippen LogP contribution in [0.2, 0.25) is 0 Å². The second kappa shape index (κ2) is 9.02. The molecule has 0 radical (unpaired) electrons. The molecule has 0 unspecified atom stereocenters. The topological polar surface area (TPSA) is 110 Å². The van der Waals surface area contributed by atoms with Gasteiger partial charge in [0.1, 0.15) is 0 Å². The molecule has 2 rings (SSSR count). The molecule has 0 amide bonds. The van der Waals surface area contributed by atoms with Gasteiger partial charge in [0.25, 0.3) is 0 Å². The van der Waals surface area contributed by atoms with Crippen LogP contribution in [0.3, 0.4) is 0 Å². The number of nitrogens with zero attached hydrogens (tertiary/aromatic N) is 2. The van der Waals surface area contributed by atoms with Crippen LogP contribution in [0.15, 0.2) is 24.5 Å². The average Bonchev–Trinajstić information content (AvgIpc) is 2.53. The summed E-state index contributed by atoms with van der Waals surface area (Å²) in [6, 6.07) is 2.89. The first-order valence-electron chi connectivity index (χ1n) is 6.18. The van der Waals surface area contributed by atoms with Crippen LogP contribution < -0.4 is 10.9 Å². The van der Waals surface area contributed by atoms with E-state index in [1.54, 1.807) is 49.5 Å². The molecule has 2 aromatic heterocycles. The van der Waals surface area contributed by atoms with Crippen molar-refractivity contribution in [2.75, 3.05) is 0 Å². The third kappa shape index (κ3) is 5.02. The number of hydrogen-bond donors (Lipinski definition) is 2. The fourth-order valence-corrected chi connectivity index (χ4v) is 1.45. The number of aryl methyl sites for hydroxylation is 2. The summed E-state index contributed by atoms with van der Waals surface area (Å²) in [7, 11) is 3.60. The van der Waals surface area contributed by atoms with Crippen LogP contribution in [-0.2, 0) is 35.1 Å². The van der Waals surface area contributed by atoms with Crippen molar-refractivity contribution in [1.82, 2.24) is 9.13 Å². The molecule has 0 aliphatic heterocycles. The van der Waals surface area contributed by atoms with Crippen molar-refractivity contribution < 1.29 is 40.8 Å². The van der Waals surface area contributed by atoms with Gasteiger partial charge in [-0.2, -0.15) is 0 Å². The molecule has 7 nitrogen and oxygen atoms in total. The van der Waals surface area contributed by atoms with Gasteiger partial charge in [-0.1, -0.05) is 0 Å². The summed E-state index contributed by atoms with van der Waals surface area (Å²) in [5.41, 5.74) is 1.16. The van der Waals surface area contributed by atoms with Crippen molar-refractivity contribution in [2.24, 2.45) is 14.1 Å². The second-order valence-corrected chi connectivity index (χ2v) is 4.49. The fourth-order valence-electron chi connectivity index (χ4n) is 1.45. The quantitative estimate of drug-likeness (QED) is 0.653. The van der Waals surface area contributed by atoms with E-state index in [1.807, 2.05) is 0 Å². The molecule has 0 saturated heterocycles. The molecular weight excluding hydrogens is 327 g/mol. The van der Waals surface area contributed by atoms with Gasteiger partial charge in [-0.25, -0.2) is 0 Å². The molecular formula is C14H20N2O5V+2. The summed E-state index contributed by atoms with van der Waals surface area (Å²) in [5, 5.41) is 18.2. The van der Waals surface area contributed by atoms with E-state index >= 15 is 0 Å². The second-order valence-electron chi connectivity index (χ2n) is 4.49. The number of rotatable bonds is 0. The fraction of sp³-hybridized carbons (Fsp3) is 0.286. The molecule has 22 heavy (non-hydrogen) atoms. The van der Waals surface area contributed by atoms with Gasteiger partial charge in [0.2, 0.25) is 11.5 Å². The molecule has 0 fully saturated rings. The third-order valence-corrected chi connectivity index (χ3v) is 3.14. The summed E-state index contributed by atoms with van der Waals surface area (Å²) < 4.78 is 11.6. The zero-order valence-electron chi connectivity index (χ0n) is 12.8. The van der Waals surface area contributed by atoms with Gasteiger partial charge in [0, 0.05) is 26.5 Å². The Kier molecular flexibility index (Phi) is 8.15. The predicted molar refractivity (Wildman–Crippen MR) is 74.5 cm³/mol. The maximum atomic E-state index is 9.12. The Morgan fingerprint density at radius 3 is 1.36 bits per heavy atom. The van der Waals surface area contributed by atoms with Crippen molar-refractivity contribution >= 4 is 0 Å². The van der Waals surface area contributed by atoms with Gasteiger partial charge in [-0.15, -0.1) is 0 Å². The van der Waals surface area contributed by atoms with Gasteiger partial charge in [0.15, 0.2) is 0 Å².